The van der Waals surface area contributed by atoms with Gasteiger partial charge in [-0.1, -0.05) is 41.5 Å². The first-order valence-corrected chi connectivity index (χ1v) is 45.9. The van der Waals surface area contributed by atoms with Gasteiger partial charge in [-0.25, -0.2) is 4.98 Å². The molecule has 0 aromatic carbocycles. The summed E-state index contributed by atoms with van der Waals surface area (Å²) >= 11 is 2.65. The maximum atomic E-state index is 14.3. The Kier molecular flexibility index (Phi) is 55.9. The summed E-state index contributed by atoms with van der Waals surface area (Å²) in [6.45, 7) is 15.5. The number of hydrogen-bond donors (Lipinski definition) is 27. The van der Waals surface area contributed by atoms with Gasteiger partial charge in [0.15, 0.2) is 0 Å². The molecule has 1 aromatic rings. The standard InChI is InChI=1S/C80H138N26O24S2/c1-38(2)28-54(103-68(117)45(11)96-73(122)50(20-16-18-24-81)99-67(116)42(8)93-58(110)34-87-70(119)49(83)30-56(84)108)76(125)100-52(22-26-131-14)71(120)88-32-57(109)86-33-61(113)98-55(29-48-31-85-37-91-48)72(121)89-35-59(111)94-43(9)69(118)106-64(47(13)107)79(128)101-51(21-17-19-25-82)74(123)105-63(40(5)6)78(127)102-53(23-27-132-15)75(124)104-62(39(3)4)77(126)90-36-60(112)92-41(7)65(114)95-44(10)66(115)97-46(12)80(129)130/h31,37-47,49-55,62-64,107H,16-30,32-36,81-83H2,1-15H3,(H2,84,108)(H,85,91)(H,86,109)(H,87,119)(H,88,120)(H,89,121)(H,90,126)(H,92,112)(H,93,110)(H,94,111)(H,95,114)(H,96,122)(H,97,115)(H,98,113)(H,99,116)(H,100,125)(H,101,128)(H,102,127)(H,103,117)(H,104,124)(H,105,123)(H,106,118)(H,129,130)/t41-,42-,43-,44-,45-,46-,47+,49-,50-,51-,52-,53-,54-,55-,62-,63-,64-/m0/s1. The third kappa shape index (κ3) is 46.8. The fourth-order valence-electron chi connectivity index (χ4n) is 11.9. The van der Waals surface area contributed by atoms with E-state index in [1.807, 2.05) is 0 Å². The van der Waals surface area contributed by atoms with Crippen molar-refractivity contribution in [2.45, 2.75) is 263 Å². The molecule has 17 atom stereocenters. The highest BCUT2D eigenvalue weighted by Gasteiger charge is 2.38. The first kappa shape index (κ1) is 118. The number of unbranched alkanes of at least 4 members (excludes halogenated alkanes) is 2. The number of aliphatic hydroxyl groups excluding tert-OH is 1. The number of nitrogens with one attached hydrogen (secondary N) is 21. The van der Waals surface area contributed by atoms with Gasteiger partial charge in [-0.15, -0.1) is 0 Å². The van der Waals surface area contributed by atoms with Gasteiger partial charge in [-0.05, 0) is 161 Å². The van der Waals surface area contributed by atoms with E-state index in [2.05, 4.69) is 116 Å². The summed E-state index contributed by atoms with van der Waals surface area (Å²) in [7, 11) is 0. The van der Waals surface area contributed by atoms with E-state index in [4.69, 9.17) is 28.0 Å². The third-order valence-corrected chi connectivity index (χ3v) is 20.9. The van der Waals surface area contributed by atoms with Crippen molar-refractivity contribution in [1.29, 1.82) is 0 Å². The minimum absolute atomic E-state index is 0.0195. The molecule has 0 saturated carbocycles. The molecule has 132 heavy (non-hydrogen) atoms. The van der Waals surface area contributed by atoms with Gasteiger partial charge in [0.05, 0.1) is 57.6 Å². The van der Waals surface area contributed by atoms with Crippen LogP contribution in [0.2, 0.25) is 0 Å². The fraction of sp³-hybridized carbons (Fsp3) is 0.688. The number of aromatic amines is 1. The Hall–Kier alpha value is -11.9. The number of carbonyl (C=O) groups excluding carboxylic acids is 21. The summed E-state index contributed by atoms with van der Waals surface area (Å²) in [6.07, 6.45) is 5.16. The van der Waals surface area contributed by atoms with E-state index in [9.17, 15) is 111 Å². The maximum absolute atomic E-state index is 14.3. The number of nitrogens with zero attached hydrogens (tertiary/aromatic N) is 1. The lowest BCUT2D eigenvalue weighted by Gasteiger charge is -2.29. The van der Waals surface area contributed by atoms with Crippen LogP contribution in [-0.2, 0) is 112 Å². The molecule has 1 heterocycles. The van der Waals surface area contributed by atoms with Crippen molar-refractivity contribution < 1.29 is 116 Å². The van der Waals surface area contributed by atoms with Crippen molar-refractivity contribution in [3.63, 3.8) is 0 Å². The molecular weight excluding hydrogens is 1770 g/mol. The van der Waals surface area contributed by atoms with Gasteiger partial charge in [0, 0.05) is 18.3 Å². The van der Waals surface area contributed by atoms with Crippen LogP contribution in [0.4, 0.5) is 0 Å². The number of H-pyrrole nitrogens is 1. The van der Waals surface area contributed by atoms with Crippen LogP contribution in [-0.4, -0.2) is 323 Å². The molecule has 0 aliphatic carbocycles. The minimum Gasteiger partial charge on any atom is -0.480 e. The summed E-state index contributed by atoms with van der Waals surface area (Å²) in [6, 6.07) is -21.5. The highest BCUT2D eigenvalue weighted by molar-refractivity contribution is 7.98. The summed E-state index contributed by atoms with van der Waals surface area (Å²) in [5.74, 6) is -20.5. The SMILES string of the molecule is CSCC[C@H](NC(=O)[C@H](CC(C)C)NC(=O)[C@H](C)NC(=O)[C@H](CCCCN)NC(=O)[C@H](C)NC(=O)CNC(=O)[C@@H](N)CC(N)=O)C(=O)NCC(=O)NCC(=O)N[C@@H](Cc1cnc[nH]1)C(=O)NCC(=O)N[C@@H](C)C(=O)N[C@H](C(=O)N[C@@H](CCCCN)C(=O)N[C@H](C(=O)N[C@@H](CCSC)C(=O)N[C@H](C(=O)NCC(=O)N[C@@H](C)C(=O)N[C@@H](C)C(=O)N[C@@H](C)C(=O)O)C(C)C)C(C)C)[C@@H](C)O. The first-order chi connectivity index (χ1) is 61.9. The number of primary amides is 1. The number of carboxylic acid groups (broad SMARTS) is 1. The molecule has 0 spiro atoms. The average molecular weight is 1910 g/mol. The van der Waals surface area contributed by atoms with Crippen molar-refractivity contribution in [3.8, 4) is 0 Å². The van der Waals surface area contributed by atoms with Crippen LogP contribution in [0.15, 0.2) is 12.5 Å². The second-order valence-electron chi connectivity index (χ2n) is 32.5. The number of rotatable bonds is 64. The molecule has 0 unspecified atom stereocenters. The van der Waals surface area contributed by atoms with Crippen molar-refractivity contribution in [3.05, 3.63) is 18.2 Å². The van der Waals surface area contributed by atoms with Crippen molar-refractivity contribution >= 4 is 154 Å². The van der Waals surface area contributed by atoms with E-state index in [1.165, 1.54) is 77.6 Å². The Balaban J connectivity index is 3.13. The molecular formula is C80H138N26O24S2. The molecule has 21 amide bonds. The Morgan fingerprint density at radius 3 is 1.12 bits per heavy atom. The van der Waals surface area contributed by atoms with Crippen molar-refractivity contribution in [2.75, 3.05) is 69.8 Å². The zero-order valence-electron chi connectivity index (χ0n) is 77.3. The number of carbonyl (C=O) groups is 22. The van der Waals surface area contributed by atoms with Crippen LogP contribution in [0.5, 0.6) is 0 Å². The molecule has 0 fully saturated rings. The van der Waals surface area contributed by atoms with E-state index in [-0.39, 0.29) is 64.0 Å². The molecule has 52 heteroatoms. The number of aliphatic carboxylic acids is 1. The highest BCUT2D eigenvalue weighted by atomic mass is 32.2. The first-order valence-electron chi connectivity index (χ1n) is 43.1. The lowest BCUT2D eigenvalue weighted by atomic mass is 10.00. The monoisotopic (exact) mass is 1910 g/mol. The van der Waals surface area contributed by atoms with Crippen molar-refractivity contribution in [1.82, 2.24) is 116 Å². The molecule has 0 aliphatic rings. The van der Waals surface area contributed by atoms with E-state index in [1.54, 1.807) is 54.1 Å². The molecule has 0 bridgehead atoms. The quantitative estimate of drug-likeness (QED) is 0.0269. The van der Waals surface area contributed by atoms with Crippen LogP contribution in [0, 0.1) is 17.8 Å². The fourth-order valence-corrected chi connectivity index (χ4v) is 12.9. The average Bonchev–Trinajstić information content (AvgIpc) is 0.964. The van der Waals surface area contributed by atoms with E-state index < -0.39 is 284 Å². The number of thioether (sulfide) groups is 2. The normalized spacial score (nSPS) is 15.0. The van der Waals surface area contributed by atoms with Crippen LogP contribution in [0.3, 0.4) is 0 Å². The molecule has 0 saturated heterocycles. The number of aliphatic hydroxyl groups is 1. The molecule has 31 N–H and O–H groups in total. The highest BCUT2D eigenvalue weighted by Crippen LogP contribution is 2.14. The smallest absolute Gasteiger partial charge is 0.325 e. The number of nitrogens with two attached hydrogens (primary N) is 4. The zero-order chi connectivity index (χ0) is 100. The van der Waals surface area contributed by atoms with E-state index in [0.717, 1.165) is 6.92 Å². The lowest BCUT2D eigenvalue weighted by molar-refractivity contribution is -0.141. The topological polar surface area (TPSA) is 789 Å². The molecule has 1 aromatic heterocycles. The summed E-state index contributed by atoms with van der Waals surface area (Å²) in [5, 5.41) is 68.8. The van der Waals surface area contributed by atoms with E-state index >= 15 is 0 Å². The van der Waals surface area contributed by atoms with Crippen LogP contribution < -0.4 is 129 Å². The Morgan fingerprint density at radius 2 is 0.697 bits per heavy atom. The van der Waals surface area contributed by atoms with Crippen LogP contribution in [0.1, 0.15) is 160 Å². The second kappa shape index (κ2) is 62.4. The van der Waals surface area contributed by atoms with Crippen molar-refractivity contribution in [2.24, 2.45) is 40.7 Å². The zero-order valence-corrected chi connectivity index (χ0v) is 78.9. The van der Waals surface area contributed by atoms with Gasteiger partial charge in [-0.3, -0.25) is 105 Å². The molecule has 50 nitrogen and oxygen atoms in total. The predicted molar refractivity (Wildman–Crippen MR) is 482 cm³/mol. The largest absolute Gasteiger partial charge is 0.480 e. The lowest BCUT2D eigenvalue weighted by Crippen LogP contribution is -2.62. The van der Waals surface area contributed by atoms with Gasteiger partial charge >= 0.3 is 5.97 Å². The van der Waals surface area contributed by atoms with Gasteiger partial charge in [0.1, 0.15) is 90.6 Å². The van der Waals surface area contributed by atoms with Crippen LogP contribution in [0.25, 0.3) is 0 Å². The predicted octanol–water partition coefficient (Wildman–Crippen LogP) is -10.3. The summed E-state index contributed by atoms with van der Waals surface area (Å²) in [5.41, 5.74) is 22.4. The summed E-state index contributed by atoms with van der Waals surface area (Å²) < 4.78 is 0. The minimum atomic E-state index is -1.79. The van der Waals surface area contributed by atoms with Gasteiger partial charge in [0.2, 0.25) is 124 Å². The van der Waals surface area contributed by atoms with Gasteiger partial charge in [-0.2, -0.15) is 23.5 Å². The van der Waals surface area contributed by atoms with Crippen LogP contribution >= 0.6 is 23.5 Å². The maximum Gasteiger partial charge on any atom is 0.325 e. The Morgan fingerprint density at radius 1 is 0.364 bits per heavy atom. The van der Waals surface area contributed by atoms with Gasteiger partial charge < -0.3 is 144 Å². The van der Waals surface area contributed by atoms with Gasteiger partial charge in [0.25, 0.3) is 0 Å². The Labute approximate surface area is 774 Å². The van der Waals surface area contributed by atoms with E-state index in [0.29, 0.717) is 36.5 Å². The number of amides is 21. The summed E-state index contributed by atoms with van der Waals surface area (Å²) in [4.78, 5) is 298. The Bertz CT molecular complexity index is 4050. The molecule has 0 radical (unpaired) electrons. The molecule has 744 valence electrons. The number of hydrogen-bond acceptors (Lipinski definition) is 29. The third-order valence-electron chi connectivity index (χ3n) is 19.6. The number of aromatic nitrogens is 2. The number of imidazole rings is 1. The molecule has 0 aliphatic heterocycles. The molecule has 1 rings (SSSR count). The number of carboxylic acids is 1. The second-order valence-corrected chi connectivity index (χ2v) is 34.4.